The van der Waals surface area contributed by atoms with E-state index in [9.17, 15) is 8.42 Å². The molecule has 0 radical (unpaired) electrons. The number of ether oxygens (including phenoxy) is 1. The van der Waals surface area contributed by atoms with Crippen LogP contribution in [0.3, 0.4) is 0 Å². The van der Waals surface area contributed by atoms with Crippen LogP contribution in [-0.4, -0.2) is 27.6 Å². The van der Waals surface area contributed by atoms with Crippen molar-refractivity contribution in [1.29, 1.82) is 0 Å². The molecule has 0 atom stereocenters. The van der Waals surface area contributed by atoms with Crippen molar-refractivity contribution in [2.45, 2.75) is 37.1 Å². The largest absolute Gasteiger partial charge is 0.495 e. The van der Waals surface area contributed by atoms with Crippen molar-refractivity contribution in [3.8, 4) is 5.75 Å². The van der Waals surface area contributed by atoms with Gasteiger partial charge in [-0.15, -0.1) is 0 Å². The summed E-state index contributed by atoms with van der Waals surface area (Å²) in [6.07, 6.45) is 1.37. The first-order valence-corrected chi connectivity index (χ1v) is 8.26. The van der Waals surface area contributed by atoms with Gasteiger partial charge in [-0.1, -0.05) is 25.4 Å². The van der Waals surface area contributed by atoms with E-state index < -0.39 is 15.6 Å². The highest BCUT2D eigenvalue weighted by Crippen LogP contribution is 2.27. The topological polar surface area (TPSA) is 81.4 Å². The Morgan fingerprint density at radius 3 is 2.45 bits per heavy atom. The monoisotopic (exact) mass is 320 g/mol. The highest BCUT2D eigenvalue weighted by Gasteiger charge is 2.25. The molecule has 114 valence electrons. The van der Waals surface area contributed by atoms with Crippen molar-refractivity contribution in [1.82, 2.24) is 4.72 Å². The molecule has 7 heteroatoms. The molecule has 0 spiro atoms. The van der Waals surface area contributed by atoms with E-state index in [4.69, 9.17) is 22.1 Å². The molecule has 1 aromatic rings. The Morgan fingerprint density at radius 1 is 1.35 bits per heavy atom. The summed E-state index contributed by atoms with van der Waals surface area (Å²) in [5.74, 6) is 0.209. The third-order valence-electron chi connectivity index (χ3n) is 3.44. The zero-order valence-corrected chi connectivity index (χ0v) is 13.5. The molecule has 0 unspecified atom stereocenters. The molecule has 0 aliphatic carbocycles. The predicted octanol–water partition coefficient (Wildman–Crippen LogP) is 2.14. The molecule has 1 aromatic carbocycles. The van der Waals surface area contributed by atoms with Crippen LogP contribution in [-0.2, 0) is 10.0 Å². The van der Waals surface area contributed by atoms with E-state index in [1.807, 2.05) is 13.8 Å². The Labute approximate surface area is 125 Å². The minimum absolute atomic E-state index is 0.0546. The summed E-state index contributed by atoms with van der Waals surface area (Å²) in [5.41, 5.74) is 5.55. The average molecular weight is 321 g/mol. The lowest BCUT2D eigenvalue weighted by atomic mass is 9.95. The molecule has 3 N–H and O–H groups in total. The summed E-state index contributed by atoms with van der Waals surface area (Å²) in [7, 11) is -2.29. The Hall–Kier alpha value is -0.820. The second-order valence-corrected chi connectivity index (χ2v) is 6.86. The third-order valence-corrected chi connectivity index (χ3v) is 5.11. The zero-order valence-electron chi connectivity index (χ0n) is 11.9. The first kappa shape index (κ1) is 17.2. The quantitative estimate of drug-likeness (QED) is 0.806. The first-order chi connectivity index (χ1) is 9.28. The Morgan fingerprint density at radius 2 is 1.95 bits per heavy atom. The molecule has 0 aliphatic rings. The third kappa shape index (κ3) is 4.09. The number of nitrogens with two attached hydrogens (primary N) is 1. The van der Waals surface area contributed by atoms with Gasteiger partial charge in [-0.25, -0.2) is 13.1 Å². The van der Waals surface area contributed by atoms with Gasteiger partial charge in [-0.3, -0.25) is 0 Å². The minimum Gasteiger partial charge on any atom is -0.495 e. The first-order valence-electron chi connectivity index (χ1n) is 6.40. The molecule has 1 rings (SSSR count). The van der Waals surface area contributed by atoms with Gasteiger partial charge in [-0.05, 0) is 25.0 Å². The number of nitrogens with one attached hydrogen (secondary N) is 1. The predicted molar refractivity (Wildman–Crippen MR) is 80.7 cm³/mol. The summed E-state index contributed by atoms with van der Waals surface area (Å²) in [5, 5.41) is 0.413. The van der Waals surface area contributed by atoms with E-state index >= 15 is 0 Å². The number of sulfonamides is 1. The van der Waals surface area contributed by atoms with Crippen molar-refractivity contribution < 1.29 is 13.2 Å². The Balaban J connectivity index is 3.00. The van der Waals surface area contributed by atoms with Crippen LogP contribution in [0.15, 0.2) is 23.1 Å². The molecule has 5 nitrogen and oxygen atoms in total. The van der Waals surface area contributed by atoms with Gasteiger partial charge in [0.05, 0.1) is 7.11 Å². The second kappa shape index (κ2) is 6.76. The smallest absolute Gasteiger partial charge is 0.244 e. The van der Waals surface area contributed by atoms with Gasteiger partial charge in [0, 0.05) is 23.2 Å². The summed E-state index contributed by atoms with van der Waals surface area (Å²) in [6.45, 7) is 4.04. The number of rotatable bonds is 7. The molecule has 0 amide bonds. The van der Waals surface area contributed by atoms with E-state index in [-0.39, 0.29) is 17.2 Å². The van der Waals surface area contributed by atoms with E-state index in [0.717, 1.165) is 0 Å². The SMILES string of the molecule is CCC(N)(CC)CNS(=O)(=O)c1ccc(Cl)cc1OC. The fraction of sp³-hybridized carbons (Fsp3) is 0.538. The summed E-state index contributed by atoms with van der Waals surface area (Å²) < 4.78 is 32.2. The van der Waals surface area contributed by atoms with Crippen LogP contribution in [0, 0.1) is 0 Å². The van der Waals surface area contributed by atoms with Crippen LogP contribution in [0.2, 0.25) is 5.02 Å². The summed E-state index contributed by atoms with van der Waals surface area (Å²) in [6, 6.07) is 4.39. The van der Waals surface area contributed by atoms with Crippen molar-refractivity contribution in [2.24, 2.45) is 5.73 Å². The van der Waals surface area contributed by atoms with Gasteiger partial charge in [-0.2, -0.15) is 0 Å². The van der Waals surface area contributed by atoms with Gasteiger partial charge in [0.2, 0.25) is 10.0 Å². The molecular formula is C13H21ClN2O3S. The summed E-state index contributed by atoms with van der Waals surface area (Å²) >= 11 is 5.82. The van der Waals surface area contributed by atoms with E-state index in [2.05, 4.69) is 4.72 Å². The molecule has 20 heavy (non-hydrogen) atoms. The maximum Gasteiger partial charge on any atom is 0.244 e. The maximum absolute atomic E-state index is 12.3. The van der Waals surface area contributed by atoms with Crippen LogP contribution in [0.5, 0.6) is 5.75 Å². The average Bonchev–Trinajstić information content (AvgIpc) is 2.44. The number of methoxy groups -OCH3 is 1. The Kier molecular flexibility index (Phi) is 5.82. The van der Waals surface area contributed by atoms with Gasteiger partial charge in [0.1, 0.15) is 10.6 Å². The van der Waals surface area contributed by atoms with Crippen LogP contribution in [0.1, 0.15) is 26.7 Å². The Bertz CT molecular complexity index is 557. The molecule has 0 bridgehead atoms. The van der Waals surface area contributed by atoms with Crippen molar-refractivity contribution in [3.05, 3.63) is 23.2 Å². The standard InChI is InChI=1S/C13H21ClN2O3S/c1-4-13(15,5-2)9-16-20(17,18)12-7-6-10(14)8-11(12)19-3/h6-8,16H,4-5,9,15H2,1-3H3. The molecule has 0 fully saturated rings. The van der Waals surface area contributed by atoms with E-state index in [1.165, 1.54) is 25.3 Å². The van der Waals surface area contributed by atoms with Crippen LogP contribution < -0.4 is 15.2 Å². The maximum atomic E-state index is 12.3. The zero-order chi connectivity index (χ0) is 15.4. The molecule has 0 saturated carbocycles. The molecule has 0 heterocycles. The van der Waals surface area contributed by atoms with Gasteiger partial charge >= 0.3 is 0 Å². The minimum atomic E-state index is -3.69. The molecule has 0 saturated heterocycles. The fourth-order valence-electron chi connectivity index (χ4n) is 1.68. The van der Waals surface area contributed by atoms with E-state index in [1.54, 1.807) is 0 Å². The normalized spacial score (nSPS) is 12.4. The van der Waals surface area contributed by atoms with Crippen molar-refractivity contribution >= 4 is 21.6 Å². The van der Waals surface area contributed by atoms with Gasteiger partial charge in [0.15, 0.2) is 0 Å². The number of benzene rings is 1. The highest BCUT2D eigenvalue weighted by atomic mass is 35.5. The van der Waals surface area contributed by atoms with Crippen molar-refractivity contribution in [3.63, 3.8) is 0 Å². The highest BCUT2D eigenvalue weighted by molar-refractivity contribution is 7.89. The lowest BCUT2D eigenvalue weighted by Gasteiger charge is -2.26. The molecular weight excluding hydrogens is 300 g/mol. The van der Waals surface area contributed by atoms with Crippen LogP contribution in [0.25, 0.3) is 0 Å². The lowest BCUT2D eigenvalue weighted by molar-refractivity contribution is 0.388. The number of hydrogen-bond donors (Lipinski definition) is 2. The molecule has 0 aliphatic heterocycles. The van der Waals surface area contributed by atoms with Crippen LogP contribution >= 0.6 is 11.6 Å². The molecule has 0 aromatic heterocycles. The number of halogens is 1. The van der Waals surface area contributed by atoms with Crippen LogP contribution in [0.4, 0.5) is 0 Å². The fourth-order valence-corrected chi connectivity index (χ4v) is 3.13. The number of hydrogen-bond acceptors (Lipinski definition) is 4. The summed E-state index contributed by atoms with van der Waals surface area (Å²) in [4.78, 5) is 0.0546. The van der Waals surface area contributed by atoms with Gasteiger partial charge in [0.25, 0.3) is 0 Å². The second-order valence-electron chi connectivity index (χ2n) is 4.69. The lowest BCUT2D eigenvalue weighted by Crippen LogP contribution is -2.49. The van der Waals surface area contributed by atoms with Crippen molar-refractivity contribution in [2.75, 3.05) is 13.7 Å². The van der Waals surface area contributed by atoms with Gasteiger partial charge < -0.3 is 10.5 Å². The van der Waals surface area contributed by atoms with E-state index in [0.29, 0.717) is 17.9 Å².